The molecule has 0 saturated carbocycles. The van der Waals surface area contributed by atoms with E-state index in [1.807, 2.05) is 0 Å². The highest BCUT2D eigenvalue weighted by Gasteiger charge is 2.11. The van der Waals surface area contributed by atoms with Crippen molar-refractivity contribution < 1.29 is 18.3 Å². The highest BCUT2D eigenvalue weighted by atomic mass is 19.3. The first-order valence-electron chi connectivity index (χ1n) is 2.20. The standard InChI is InChI=1S/C4H7F3O/c5-3(2-8)1-4(6)7/h3-4,8H,1-2H2/t3-/m1/s1. The lowest BCUT2D eigenvalue weighted by Gasteiger charge is -2.00. The van der Waals surface area contributed by atoms with Crippen molar-refractivity contribution in [2.75, 3.05) is 6.61 Å². The van der Waals surface area contributed by atoms with Gasteiger partial charge in [0.25, 0.3) is 0 Å². The van der Waals surface area contributed by atoms with Crippen molar-refractivity contribution in [3.05, 3.63) is 0 Å². The molecule has 0 aromatic rings. The Morgan fingerprint density at radius 3 is 1.88 bits per heavy atom. The van der Waals surface area contributed by atoms with Crippen LogP contribution in [0.4, 0.5) is 13.2 Å². The Labute approximate surface area is 45.1 Å². The third-order valence-electron chi connectivity index (χ3n) is 0.632. The molecule has 1 N–H and O–H groups in total. The van der Waals surface area contributed by atoms with E-state index in [9.17, 15) is 13.2 Å². The first-order valence-corrected chi connectivity index (χ1v) is 2.20. The van der Waals surface area contributed by atoms with E-state index in [1.165, 1.54) is 0 Å². The Morgan fingerprint density at radius 1 is 1.25 bits per heavy atom. The summed E-state index contributed by atoms with van der Waals surface area (Å²) in [6.45, 7) is -0.815. The molecule has 4 heteroatoms. The second kappa shape index (κ2) is 3.72. The smallest absolute Gasteiger partial charge is 0.241 e. The van der Waals surface area contributed by atoms with Crippen LogP contribution in [-0.2, 0) is 0 Å². The van der Waals surface area contributed by atoms with Gasteiger partial charge >= 0.3 is 0 Å². The lowest BCUT2D eigenvalue weighted by atomic mass is 10.3. The van der Waals surface area contributed by atoms with Gasteiger partial charge in [-0.3, -0.25) is 0 Å². The minimum absolute atomic E-state index is 0.815. The zero-order valence-corrected chi connectivity index (χ0v) is 4.15. The van der Waals surface area contributed by atoms with Gasteiger partial charge in [-0.25, -0.2) is 13.2 Å². The van der Waals surface area contributed by atoms with Crippen molar-refractivity contribution in [3.63, 3.8) is 0 Å². The molecule has 8 heavy (non-hydrogen) atoms. The Kier molecular flexibility index (Phi) is 3.60. The van der Waals surface area contributed by atoms with Gasteiger partial charge in [0.15, 0.2) is 0 Å². The third kappa shape index (κ3) is 3.92. The van der Waals surface area contributed by atoms with Crippen molar-refractivity contribution in [1.29, 1.82) is 0 Å². The molecule has 0 aromatic heterocycles. The van der Waals surface area contributed by atoms with Gasteiger partial charge in [-0.2, -0.15) is 0 Å². The summed E-state index contributed by atoms with van der Waals surface area (Å²) in [5.41, 5.74) is 0. The van der Waals surface area contributed by atoms with Crippen LogP contribution in [0.25, 0.3) is 0 Å². The van der Waals surface area contributed by atoms with Crippen LogP contribution in [0.3, 0.4) is 0 Å². The van der Waals surface area contributed by atoms with Gasteiger partial charge in [-0.15, -0.1) is 0 Å². The van der Waals surface area contributed by atoms with E-state index in [0.717, 1.165) is 0 Å². The van der Waals surface area contributed by atoms with Crippen LogP contribution in [0.15, 0.2) is 0 Å². The zero-order chi connectivity index (χ0) is 6.57. The van der Waals surface area contributed by atoms with Crippen molar-refractivity contribution in [2.45, 2.75) is 19.0 Å². The summed E-state index contributed by atoms with van der Waals surface area (Å²) in [6, 6.07) is 0. The van der Waals surface area contributed by atoms with E-state index in [4.69, 9.17) is 5.11 Å². The van der Waals surface area contributed by atoms with Gasteiger partial charge < -0.3 is 5.11 Å². The molecule has 1 atom stereocenters. The molecule has 0 aromatic carbocycles. The molecule has 0 spiro atoms. The summed E-state index contributed by atoms with van der Waals surface area (Å²) < 4.78 is 33.9. The maximum Gasteiger partial charge on any atom is 0.241 e. The topological polar surface area (TPSA) is 20.2 Å². The minimum Gasteiger partial charge on any atom is -0.393 e. The number of aliphatic hydroxyl groups is 1. The molecule has 0 aliphatic rings. The van der Waals surface area contributed by atoms with Crippen molar-refractivity contribution in [1.82, 2.24) is 0 Å². The fourth-order valence-electron chi connectivity index (χ4n) is 0.268. The number of alkyl halides is 3. The molecule has 0 bridgehead atoms. The summed E-state index contributed by atoms with van der Waals surface area (Å²) in [4.78, 5) is 0. The fourth-order valence-corrected chi connectivity index (χ4v) is 0.268. The SMILES string of the molecule is OC[C@H](F)CC(F)F. The lowest BCUT2D eigenvalue weighted by Crippen LogP contribution is -2.10. The van der Waals surface area contributed by atoms with Crippen molar-refractivity contribution in [3.8, 4) is 0 Å². The Balaban J connectivity index is 3.10. The highest BCUT2D eigenvalue weighted by molar-refractivity contribution is 4.53. The monoisotopic (exact) mass is 128 g/mol. The molecule has 0 unspecified atom stereocenters. The molecular formula is C4H7F3O. The lowest BCUT2D eigenvalue weighted by molar-refractivity contribution is 0.0740. The quantitative estimate of drug-likeness (QED) is 0.600. The predicted molar refractivity (Wildman–Crippen MR) is 22.6 cm³/mol. The third-order valence-corrected chi connectivity index (χ3v) is 0.632. The summed E-state index contributed by atoms with van der Waals surface area (Å²) in [5, 5.41) is 7.88. The van der Waals surface area contributed by atoms with E-state index in [0.29, 0.717) is 0 Å². The van der Waals surface area contributed by atoms with E-state index >= 15 is 0 Å². The second-order valence-corrected chi connectivity index (χ2v) is 1.41. The van der Waals surface area contributed by atoms with Gasteiger partial charge in [0.2, 0.25) is 6.43 Å². The van der Waals surface area contributed by atoms with E-state index in [1.54, 1.807) is 0 Å². The van der Waals surface area contributed by atoms with E-state index in [-0.39, 0.29) is 0 Å². The maximum atomic E-state index is 11.7. The molecule has 0 aliphatic heterocycles. The van der Waals surface area contributed by atoms with Gasteiger partial charge in [-0.1, -0.05) is 0 Å². The Morgan fingerprint density at radius 2 is 1.75 bits per heavy atom. The van der Waals surface area contributed by atoms with Gasteiger partial charge in [0, 0.05) is 6.42 Å². The number of rotatable bonds is 3. The van der Waals surface area contributed by atoms with Crippen LogP contribution in [-0.4, -0.2) is 24.3 Å². The fraction of sp³-hybridized carbons (Fsp3) is 1.00. The minimum atomic E-state index is -2.66. The van der Waals surface area contributed by atoms with Crippen molar-refractivity contribution in [2.24, 2.45) is 0 Å². The van der Waals surface area contributed by atoms with Crippen molar-refractivity contribution >= 4 is 0 Å². The molecule has 0 heterocycles. The second-order valence-electron chi connectivity index (χ2n) is 1.41. The van der Waals surface area contributed by atoms with Crippen LogP contribution in [0.2, 0.25) is 0 Å². The molecule has 0 aliphatic carbocycles. The predicted octanol–water partition coefficient (Wildman–Crippen LogP) is 0.972. The average Bonchev–Trinajstić information content (AvgIpc) is 1.65. The molecule has 0 radical (unpaired) electrons. The summed E-state index contributed by atoms with van der Waals surface area (Å²) >= 11 is 0. The van der Waals surface area contributed by atoms with E-state index < -0.39 is 25.6 Å². The maximum absolute atomic E-state index is 11.7. The van der Waals surface area contributed by atoms with Crippen LogP contribution >= 0.6 is 0 Å². The van der Waals surface area contributed by atoms with E-state index in [2.05, 4.69) is 0 Å². The molecule has 0 rings (SSSR count). The Hall–Kier alpha value is -0.250. The number of aliphatic hydroxyl groups excluding tert-OH is 1. The Bertz CT molecular complexity index is 57.2. The van der Waals surface area contributed by atoms with Crippen LogP contribution in [0, 0.1) is 0 Å². The molecule has 0 saturated heterocycles. The first-order chi connectivity index (χ1) is 3.66. The largest absolute Gasteiger partial charge is 0.393 e. The van der Waals surface area contributed by atoms with Crippen LogP contribution in [0.1, 0.15) is 6.42 Å². The molecule has 50 valence electrons. The summed E-state index contributed by atoms with van der Waals surface area (Å²) in [5.74, 6) is 0. The molecule has 0 amide bonds. The molecule has 1 nitrogen and oxygen atoms in total. The number of hydrogen-bond acceptors (Lipinski definition) is 1. The number of hydrogen-bond donors (Lipinski definition) is 1. The van der Waals surface area contributed by atoms with Gasteiger partial charge in [0.1, 0.15) is 6.17 Å². The number of halogens is 3. The zero-order valence-electron chi connectivity index (χ0n) is 4.15. The average molecular weight is 128 g/mol. The van der Waals surface area contributed by atoms with Crippen LogP contribution < -0.4 is 0 Å². The molecule has 0 fully saturated rings. The normalized spacial score (nSPS) is 14.6. The first kappa shape index (κ1) is 7.75. The summed E-state index contributed by atoms with van der Waals surface area (Å²) in [6.07, 6.45) is -5.29. The highest BCUT2D eigenvalue weighted by Crippen LogP contribution is 2.05. The van der Waals surface area contributed by atoms with Gasteiger partial charge in [-0.05, 0) is 0 Å². The molecular weight excluding hydrogens is 121 g/mol. The summed E-state index contributed by atoms with van der Waals surface area (Å²) in [7, 11) is 0. The van der Waals surface area contributed by atoms with Crippen LogP contribution in [0.5, 0.6) is 0 Å². The van der Waals surface area contributed by atoms with Gasteiger partial charge in [0.05, 0.1) is 6.61 Å².